The van der Waals surface area contributed by atoms with Crippen LogP contribution in [0.5, 0.6) is 0 Å². The van der Waals surface area contributed by atoms with Crippen LogP contribution in [-0.2, 0) is 34.3 Å². The van der Waals surface area contributed by atoms with Gasteiger partial charge in [0.25, 0.3) is 0 Å². The van der Waals surface area contributed by atoms with Gasteiger partial charge in [-0.15, -0.1) is 0 Å². The van der Waals surface area contributed by atoms with Gasteiger partial charge in [-0.1, -0.05) is 12.1 Å². The molecule has 8 heteroatoms. The summed E-state index contributed by atoms with van der Waals surface area (Å²) in [5.41, 5.74) is 1.09. The molecule has 1 unspecified atom stereocenters. The molecule has 120 valence electrons. The van der Waals surface area contributed by atoms with Crippen molar-refractivity contribution in [3.63, 3.8) is 0 Å². The van der Waals surface area contributed by atoms with Crippen LogP contribution in [0.25, 0.3) is 0 Å². The molecule has 2 aromatic carbocycles. The topological polar surface area (TPSA) is 71.5 Å². The fraction of sp³-hybridized carbons (Fsp3) is 0.133. The quantitative estimate of drug-likeness (QED) is 0.775. The van der Waals surface area contributed by atoms with Crippen molar-refractivity contribution in [2.75, 3.05) is 11.2 Å². The minimum absolute atomic E-state index is 0.126. The van der Waals surface area contributed by atoms with Crippen LogP contribution in [0.2, 0.25) is 0 Å². The summed E-state index contributed by atoms with van der Waals surface area (Å²) >= 11 is 0. The van der Waals surface area contributed by atoms with E-state index in [4.69, 9.17) is 0 Å². The minimum atomic E-state index is -3.41. The number of hydrogen-bond acceptors (Lipinski definition) is 4. The van der Waals surface area contributed by atoms with Crippen molar-refractivity contribution in [1.29, 1.82) is 0 Å². The largest absolute Gasteiger partial charge is 0.279 e. The lowest BCUT2D eigenvalue weighted by molar-refractivity contribution is -0.115. The maximum Gasteiger partial charge on any atom is 0.228 e. The Hall–Kier alpha value is -1.77. The maximum absolute atomic E-state index is 12.2. The van der Waals surface area contributed by atoms with Crippen LogP contribution in [0.4, 0.5) is 11.4 Å². The summed E-state index contributed by atoms with van der Waals surface area (Å²) in [6.45, 7) is 1.42. The van der Waals surface area contributed by atoms with Crippen molar-refractivity contribution in [2.45, 2.75) is 21.6 Å². The molecule has 3 rings (SSSR count). The molecule has 1 heterocycles. The number of sulfone groups is 1. The van der Waals surface area contributed by atoms with Gasteiger partial charge in [0.05, 0.1) is 16.3 Å². The van der Waals surface area contributed by atoms with Gasteiger partial charge < -0.3 is 0 Å². The molecule has 0 aromatic heterocycles. The molecule has 1 atom stereocenters. The summed E-state index contributed by atoms with van der Waals surface area (Å²) < 4.78 is 35.3. The third-order valence-electron chi connectivity index (χ3n) is 3.49. The Morgan fingerprint density at radius 3 is 2.35 bits per heavy atom. The number of carbonyl (C=O) groups is 1. The molecule has 0 radical (unpaired) electrons. The zero-order chi connectivity index (χ0) is 16.8. The van der Waals surface area contributed by atoms with Crippen LogP contribution in [0.3, 0.4) is 0 Å². The number of carbonyl (C=O) groups excluding carboxylic acids is 1. The van der Waals surface area contributed by atoms with Crippen LogP contribution >= 0.6 is 0 Å². The first kappa shape index (κ1) is 16.1. The summed E-state index contributed by atoms with van der Waals surface area (Å²) in [5.74, 6) is -0.233. The predicted molar refractivity (Wildman–Crippen MR) is 90.9 cm³/mol. The van der Waals surface area contributed by atoms with Gasteiger partial charge in [0.2, 0.25) is 5.91 Å². The Labute approximate surface area is 139 Å². The molecule has 0 N–H and O–H groups in total. The summed E-state index contributed by atoms with van der Waals surface area (Å²) in [5, 5.41) is 0. The van der Waals surface area contributed by atoms with Gasteiger partial charge in [0.1, 0.15) is 10.2 Å². The van der Waals surface area contributed by atoms with Gasteiger partial charge >= 0.3 is 0 Å². The lowest BCUT2D eigenvalue weighted by atomic mass is 10.2. The number of fused-ring (bicyclic) bond motifs is 2. The van der Waals surface area contributed by atoms with Crippen molar-refractivity contribution >= 4 is 46.8 Å². The number of nitrogens with zero attached hydrogens (tertiary/aromatic N) is 1. The van der Waals surface area contributed by atoms with Gasteiger partial charge in [0, 0.05) is 23.0 Å². The van der Waals surface area contributed by atoms with Crippen molar-refractivity contribution < 1.29 is 17.4 Å². The van der Waals surface area contributed by atoms with E-state index in [0.29, 0.717) is 26.5 Å². The van der Waals surface area contributed by atoms with Gasteiger partial charge in [-0.05, 0) is 39.8 Å². The van der Waals surface area contributed by atoms with Crippen LogP contribution in [0.1, 0.15) is 6.92 Å². The Bertz CT molecular complexity index is 992. The third-order valence-corrected chi connectivity index (χ3v) is 7.71. The molecule has 0 spiro atoms. The summed E-state index contributed by atoms with van der Waals surface area (Å²) in [6, 6.07) is 11.8. The molecule has 2 aromatic rings. The van der Waals surface area contributed by atoms with Crippen molar-refractivity contribution in [3.8, 4) is 0 Å². The summed E-state index contributed by atoms with van der Waals surface area (Å²) in [7, 11) is -3.76. The molecule has 1 aliphatic heterocycles. The van der Waals surface area contributed by atoms with Crippen molar-refractivity contribution in [2.24, 2.45) is 0 Å². The number of benzene rings is 2. The number of anilines is 2. The summed E-state index contributed by atoms with van der Waals surface area (Å²) in [4.78, 5) is 15.2. The molecule has 23 heavy (non-hydrogen) atoms. The standard InChI is InChI=1S/C15H13NO4S3/c1-10(17)16-12-5-3-4-6-14(12)22(21-18)15-8-7-11(9-13(15)16)23(2,19)20/h3-9H,1-2H3. The highest BCUT2D eigenvalue weighted by Crippen LogP contribution is 2.43. The van der Waals surface area contributed by atoms with Gasteiger partial charge in [-0.25, -0.2) is 12.6 Å². The van der Waals surface area contributed by atoms with Crippen molar-refractivity contribution in [1.82, 2.24) is 0 Å². The normalized spacial score (nSPS) is 16.4. The van der Waals surface area contributed by atoms with E-state index in [0.717, 1.165) is 11.2 Å². The zero-order valence-corrected chi connectivity index (χ0v) is 14.8. The van der Waals surface area contributed by atoms with E-state index in [2.05, 4.69) is 0 Å². The number of rotatable bonds is 1. The molecule has 1 aliphatic rings. The summed E-state index contributed by atoms with van der Waals surface area (Å²) in [6.07, 6.45) is 1.12. The average Bonchev–Trinajstić information content (AvgIpc) is 2.50. The van der Waals surface area contributed by atoms with Crippen LogP contribution in [0.15, 0.2) is 57.2 Å². The highest BCUT2D eigenvalue weighted by Gasteiger charge is 2.30. The highest BCUT2D eigenvalue weighted by atomic mass is 32.8. The predicted octanol–water partition coefficient (Wildman–Crippen LogP) is 2.25. The fourth-order valence-corrected chi connectivity index (χ4v) is 5.91. The minimum Gasteiger partial charge on any atom is -0.279 e. The lowest BCUT2D eigenvalue weighted by Crippen LogP contribution is -2.28. The second kappa shape index (κ2) is 5.70. The first-order chi connectivity index (χ1) is 10.8. The van der Waals surface area contributed by atoms with E-state index in [-0.39, 0.29) is 10.8 Å². The average molecular weight is 367 g/mol. The maximum atomic E-state index is 12.2. The molecule has 0 saturated heterocycles. The smallest absolute Gasteiger partial charge is 0.228 e. The second-order valence-electron chi connectivity index (χ2n) is 5.06. The van der Waals surface area contributed by atoms with Gasteiger partial charge in [-0.3, -0.25) is 9.69 Å². The van der Waals surface area contributed by atoms with Crippen molar-refractivity contribution in [3.05, 3.63) is 42.5 Å². The lowest BCUT2D eigenvalue weighted by Gasteiger charge is -2.31. The molecule has 0 saturated carbocycles. The fourth-order valence-electron chi connectivity index (χ4n) is 2.52. The molecule has 0 fully saturated rings. The Morgan fingerprint density at radius 1 is 1.09 bits per heavy atom. The van der Waals surface area contributed by atoms with Crippen LogP contribution in [-0.4, -0.2) is 24.8 Å². The first-order valence-corrected chi connectivity index (χ1v) is 11.0. The molecule has 0 aliphatic carbocycles. The van der Waals surface area contributed by atoms with Gasteiger partial charge in [0.15, 0.2) is 9.84 Å². The van der Waals surface area contributed by atoms with E-state index in [9.17, 15) is 17.4 Å². The Kier molecular flexibility index (Phi) is 3.99. The third kappa shape index (κ3) is 2.66. The van der Waals surface area contributed by atoms with E-state index in [1.54, 1.807) is 18.2 Å². The van der Waals surface area contributed by atoms with E-state index >= 15 is 0 Å². The monoisotopic (exact) mass is 367 g/mol. The van der Waals surface area contributed by atoms with E-state index < -0.39 is 19.3 Å². The zero-order valence-electron chi connectivity index (χ0n) is 12.3. The van der Waals surface area contributed by atoms with Crippen LogP contribution < -0.4 is 4.90 Å². The number of para-hydroxylation sites is 1. The van der Waals surface area contributed by atoms with Crippen LogP contribution in [0, 0.1) is 0 Å². The van der Waals surface area contributed by atoms with Gasteiger partial charge in [-0.2, -0.15) is 0 Å². The molecule has 1 amide bonds. The Morgan fingerprint density at radius 2 is 1.74 bits per heavy atom. The molecular formula is C15H13NO4S3. The molecule has 5 nitrogen and oxygen atoms in total. The SMILES string of the molecule is CC(=O)N1c2ccccc2S(=S=O)c2ccc(S(C)(=O)=O)cc21. The highest BCUT2D eigenvalue weighted by molar-refractivity contribution is 8.31. The number of hydrogen-bond donors (Lipinski definition) is 0. The van der Waals surface area contributed by atoms with E-state index in [1.807, 2.05) is 12.1 Å². The Balaban J connectivity index is 2.39. The number of amides is 1. The first-order valence-electron chi connectivity index (χ1n) is 6.63. The molecular weight excluding hydrogens is 354 g/mol. The second-order valence-corrected chi connectivity index (χ2v) is 10.0. The molecule has 0 bridgehead atoms. The van der Waals surface area contributed by atoms with E-state index in [1.165, 1.54) is 24.0 Å².